The quantitative estimate of drug-likeness (QED) is 0.662. The molecule has 3 aromatic rings. The Kier molecular flexibility index (Phi) is 5.87. The van der Waals surface area contributed by atoms with Crippen molar-refractivity contribution in [3.05, 3.63) is 89.4 Å². The average molecular weight is 348 g/mol. The van der Waals surface area contributed by atoms with E-state index in [1.807, 2.05) is 67.6 Å². The van der Waals surface area contributed by atoms with Crippen molar-refractivity contribution in [1.82, 2.24) is 5.32 Å². The third kappa shape index (κ3) is 4.21. The van der Waals surface area contributed by atoms with Crippen molar-refractivity contribution in [3.8, 4) is 0 Å². The zero-order valence-corrected chi connectivity index (χ0v) is 15.2. The molecule has 0 unspecified atom stereocenters. The van der Waals surface area contributed by atoms with Gasteiger partial charge >= 0.3 is 0 Å². The van der Waals surface area contributed by atoms with Crippen LogP contribution in [-0.4, -0.2) is 12.5 Å². The maximum atomic E-state index is 12.5. The molecule has 0 saturated carbocycles. The zero-order valence-electron chi connectivity index (χ0n) is 15.2. The first kappa shape index (κ1) is 18.0. The smallest absolute Gasteiger partial charge is 0.238 e. The number of para-hydroxylation sites is 1. The van der Waals surface area contributed by atoms with Gasteiger partial charge in [-0.3, -0.25) is 10.1 Å². The van der Waals surface area contributed by atoms with E-state index in [1.54, 1.807) is 6.26 Å². The molecule has 1 atom stereocenters. The minimum absolute atomic E-state index is 0.0681. The zero-order chi connectivity index (χ0) is 18.4. The monoisotopic (exact) mass is 348 g/mol. The van der Waals surface area contributed by atoms with Crippen molar-refractivity contribution in [2.45, 2.75) is 26.3 Å². The van der Waals surface area contributed by atoms with E-state index in [-0.39, 0.29) is 18.5 Å². The number of hydrogen-bond acceptors (Lipinski definition) is 3. The van der Waals surface area contributed by atoms with Gasteiger partial charge in [-0.25, -0.2) is 0 Å². The standard InChI is InChI=1S/C22H24N2O2/c1-3-17-12-7-9-16(2)21(17)24-20(25)15-23-22(19-13-8-14-26-19)18-10-5-4-6-11-18/h4-14,22-23H,3,15H2,1-2H3,(H,24,25)/t22-/m1/s1. The Morgan fingerprint density at radius 3 is 2.54 bits per heavy atom. The van der Waals surface area contributed by atoms with Crippen LogP contribution in [0.2, 0.25) is 0 Å². The number of carbonyl (C=O) groups excluding carboxylic acids is 1. The fourth-order valence-corrected chi connectivity index (χ4v) is 3.06. The molecule has 26 heavy (non-hydrogen) atoms. The molecule has 0 aliphatic heterocycles. The number of benzene rings is 2. The van der Waals surface area contributed by atoms with Gasteiger partial charge in [-0.15, -0.1) is 0 Å². The van der Waals surface area contributed by atoms with E-state index < -0.39 is 0 Å². The molecular formula is C22H24N2O2. The predicted octanol–water partition coefficient (Wildman–Crippen LogP) is 4.47. The third-order valence-electron chi connectivity index (χ3n) is 4.43. The van der Waals surface area contributed by atoms with Crippen LogP contribution in [0.15, 0.2) is 71.3 Å². The summed E-state index contributed by atoms with van der Waals surface area (Å²) in [5.74, 6) is 0.718. The first-order valence-corrected chi connectivity index (χ1v) is 8.89. The summed E-state index contributed by atoms with van der Waals surface area (Å²) in [6.07, 6.45) is 2.53. The summed E-state index contributed by atoms with van der Waals surface area (Å²) in [5, 5.41) is 6.36. The van der Waals surface area contributed by atoms with Crippen LogP contribution < -0.4 is 10.6 Å². The Balaban J connectivity index is 1.71. The molecule has 0 radical (unpaired) electrons. The summed E-state index contributed by atoms with van der Waals surface area (Å²) in [6, 6.07) is 19.7. The molecular weight excluding hydrogens is 324 g/mol. The lowest BCUT2D eigenvalue weighted by Gasteiger charge is -2.18. The molecule has 0 saturated heterocycles. The third-order valence-corrected chi connectivity index (χ3v) is 4.43. The van der Waals surface area contributed by atoms with Gasteiger partial charge < -0.3 is 9.73 Å². The highest BCUT2D eigenvalue weighted by molar-refractivity contribution is 5.93. The largest absolute Gasteiger partial charge is 0.467 e. The van der Waals surface area contributed by atoms with Crippen LogP contribution in [-0.2, 0) is 11.2 Å². The van der Waals surface area contributed by atoms with Crippen LogP contribution >= 0.6 is 0 Å². The summed E-state index contributed by atoms with van der Waals surface area (Å²) in [5.41, 5.74) is 4.18. The van der Waals surface area contributed by atoms with Crippen molar-refractivity contribution < 1.29 is 9.21 Å². The second-order valence-electron chi connectivity index (χ2n) is 6.25. The van der Waals surface area contributed by atoms with Gasteiger partial charge in [0.2, 0.25) is 5.91 Å². The fourth-order valence-electron chi connectivity index (χ4n) is 3.06. The van der Waals surface area contributed by atoms with Gasteiger partial charge in [0.1, 0.15) is 5.76 Å². The van der Waals surface area contributed by atoms with Gasteiger partial charge in [0.25, 0.3) is 0 Å². The maximum Gasteiger partial charge on any atom is 0.238 e. The molecule has 0 aliphatic carbocycles. The Hall–Kier alpha value is -2.85. The van der Waals surface area contributed by atoms with E-state index in [9.17, 15) is 4.79 Å². The summed E-state index contributed by atoms with van der Waals surface area (Å²) in [4.78, 5) is 12.5. The molecule has 1 amide bonds. The molecule has 134 valence electrons. The number of hydrogen-bond donors (Lipinski definition) is 2. The number of aryl methyl sites for hydroxylation is 2. The van der Waals surface area contributed by atoms with E-state index in [0.29, 0.717) is 0 Å². The first-order chi connectivity index (χ1) is 12.7. The van der Waals surface area contributed by atoms with Gasteiger partial charge in [0, 0.05) is 5.69 Å². The molecule has 2 N–H and O–H groups in total. The van der Waals surface area contributed by atoms with Crippen molar-refractivity contribution in [2.75, 3.05) is 11.9 Å². The number of carbonyl (C=O) groups is 1. The topological polar surface area (TPSA) is 54.3 Å². The highest BCUT2D eigenvalue weighted by Gasteiger charge is 2.18. The molecule has 1 heterocycles. The van der Waals surface area contributed by atoms with Crippen LogP contribution in [0.25, 0.3) is 0 Å². The second-order valence-corrected chi connectivity index (χ2v) is 6.25. The minimum atomic E-state index is -0.167. The Labute approximate surface area is 154 Å². The molecule has 4 heteroatoms. The Bertz CT molecular complexity index is 842. The molecule has 1 aromatic heterocycles. The lowest BCUT2D eigenvalue weighted by atomic mass is 10.0. The molecule has 0 spiro atoms. The summed E-state index contributed by atoms with van der Waals surface area (Å²) in [6.45, 7) is 4.29. The normalized spacial score (nSPS) is 11.9. The van der Waals surface area contributed by atoms with Gasteiger partial charge in [-0.2, -0.15) is 0 Å². The van der Waals surface area contributed by atoms with Crippen LogP contribution in [0.1, 0.15) is 35.4 Å². The number of anilines is 1. The van der Waals surface area contributed by atoms with E-state index in [2.05, 4.69) is 17.6 Å². The highest BCUT2D eigenvalue weighted by atomic mass is 16.3. The molecule has 3 rings (SSSR count). The minimum Gasteiger partial charge on any atom is -0.467 e. The van der Waals surface area contributed by atoms with Crippen molar-refractivity contribution >= 4 is 11.6 Å². The number of nitrogens with one attached hydrogen (secondary N) is 2. The number of furan rings is 1. The van der Waals surface area contributed by atoms with E-state index >= 15 is 0 Å². The lowest BCUT2D eigenvalue weighted by Crippen LogP contribution is -2.32. The summed E-state index contributed by atoms with van der Waals surface area (Å²) in [7, 11) is 0. The van der Waals surface area contributed by atoms with E-state index in [1.165, 1.54) is 0 Å². The molecule has 0 fully saturated rings. The summed E-state index contributed by atoms with van der Waals surface area (Å²) < 4.78 is 5.56. The van der Waals surface area contributed by atoms with Gasteiger partial charge in [0.15, 0.2) is 0 Å². The van der Waals surface area contributed by atoms with Crippen LogP contribution in [0.4, 0.5) is 5.69 Å². The van der Waals surface area contributed by atoms with Crippen molar-refractivity contribution in [1.29, 1.82) is 0 Å². The lowest BCUT2D eigenvalue weighted by molar-refractivity contribution is -0.115. The van der Waals surface area contributed by atoms with E-state index in [4.69, 9.17) is 4.42 Å². The molecule has 4 nitrogen and oxygen atoms in total. The first-order valence-electron chi connectivity index (χ1n) is 8.89. The summed E-state index contributed by atoms with van der Waals surface area (Å²) >= 11 is 0. The fraction of sp³-hybridized carbons (Fsp3) is 0.227. The van der Waals surface area contributed by atoms with Crippen molar-refractivity contribution in [2.24, 2.45) is 0 Å². The van der Waals surface area contributed by atoms with Crippen LogP contribution in [0.3, 0.4) is 0 Å². The van der Waals surface area contributed by atoms with Gasteiger partial charge in [-0.1, -0.05) is 55.5 Å². The van der Waals surface area contributed by atoms with Crippen LogP contribution in [0, 0.1) is 6.92 Å². The second kappa shape index (κ2) is 8.50. The van der Waals surface area contributed by atoms with Gasteiger partial charge in [0.05, 0.1) is 18.8 Å². The Morgan fingerprint density at radius 1 is 1.04 bits per heavy atom. The maximum absolute atomic E-state index is 12.5. The van der Waals surface area contributed by atoms with E-state index in [0.717, 1.165) is 34.6 Å². The number of amides is 1. The number of rotatable bonds is 7. The van der Waals surface area contributed by atoms with Crippen molar-refractivity contribution in [3.63, 3.8) is 0 Å². The van der Waals surface area contributed by atoms with Gasteiger partial charge in [-0.05, 0) is 42.2 Å². The molecule has 2 aromatic carbocycles. The highest BCUT2D eigenvalue weighted by Crippen LogP contribution is 2.23. The predicted molar refractivity (Wildman–Crippen MR) is 104 cm³/mol. The van der Waals surface area contributed by atoms with Crippen LogP contribution in [0.5, 0.6) is 0 Å². The molecule has 0 bridgehead atoms. The Morgan fingerprint density at radius 2 is 1.85 bits per heavy atom. The molecule has 0 aliphatic rings. The average Bonchev–Trinajstić information content (AvgIpc) is 3.19. The SMILES string of the molecule is CCc1cccc(C)c1NC(=O)CN[C@H](c1ccccc1)c1ccco1.